The van der Waals surface area contributed by atoms with Gasteiger partial charge in [0.05, 0.1) is 5.69 Å². The Balaban J connectivity index is 2.28. The van der Waals surface area contributed by atoms with E-state index in [0.717, 1.165) is 47.0 Å². The lowest BCUT2D eigenvalue weighted by molar-refractivity contribution is 0.791. The molecule has 0 saturated carbocycles. The van der Waals surface area contributed by atoms with E-state index in [9.17, 15) is 4.79 Å². The second-order valence-electron chi connectivity index (χ2n) is 5.32. The summed E-state index contributed by atoms with van der Waals surface area (Å²) in [6, 6.07) is 17.9. The van der Waals surface area contributed by atoms with Gasteiger partial charge in [-0.2, -0.15) is 0 Å². The minimum Gasteiger partial charge on any atom is -0.354 e. The Morgan fingerprint density at radius 3 is 2.43 bits per heavy atom. The van der Waals surface area contributed by atoms with Crippen molar-refractivity contribution >= 4 is 10.9 Å². The lowest BCUT2D eigenvalue weighted by atomic mass is 9.98. The number of rotatable bonds is 4. The smallest absolute Gasteiger partial charge is 0.193 e. The average molecular weight is 277 g/mol. The highest BCUT2D eigenvalue weighted by atomic mass is 16.1. The van der Waals surface area contributed by atoms with Gasteiger partial charge in [-0.3, -0.25) is 4.79 Å². The maximum Gasteiger partial charge on any atom is 0.193 e. The van der Waals surface area contributed by atoms with Crippen LogP contribution in [0.1, 0.15) is 25.3 Å². The summed E-state index contributed by atoms with van der Waals surface area (Å²) in [6.07, 6.45) is 2.93. The molecule has 1 N–H and O–H groups in total. The molecule has 106 valence electrons. The van der Waals surface area contributed by atoms with Gasteiger partial charge >= 0.3 is 0 Å². The molecule has 1 aromatic heterocycles. The molecule has 2 heteroatoms. The zero-order valence-corrected chi connectivity index (χ0v) is 12.2. The third-order valence-corrected chi connectivity index (χ3v) is 3.85. The first-order chi connectivity index (χ1) is 10.3. The average Bonchev–Trinajstić information content (AvgIpc) is 2.55. The van der Waals surface area contributed by atoms with Crippen molar-refractivity contribution in [3.05, 3.63) is 70.4 Å². The van der Waals surface area contributed by atoms with Crippen LogP contribution in [0.3, 0.4) is 0 Å². The van der Waals surface area contributed by atoms with Gasteiger partial charge in [-0.15, -0.1) is 0 Å². The molecule has 0 amide bonds. The Bertz CT molecular complexity index is 803. The summed E-state index contributed by atoms with van der Waals surface area (Å²) in [5, 5.41) is 0.781. The molecule has 3 rings (SSSR count). The molecule has 0 bridgehead atoms. The number of hydrogen-bond donors (Lipinski definition) is 1. The Morgan fingerprint density at radius 1 is 0.952 bits per heavy atom. The highest BCUT2D eigenvalue weighted by Gasteiger charge is 2.12. The number of nitrogens with one attached hydrogen (secondary N) is 1. The maximum absolute atomic E-state index is 12.8. The molecular weight excluding hydrogens is 258 g/mol. The van der Waals surface area contributed by atoms with Crippen LogP contribution in [0.15, 0.2) is 59.4 Å². The van der Waals surface area contributed by atoms with Crippen molar-refractivity contribution in [1.82, 2.24) is 4.98 Å². The first-order valence-corrected chi connectivity index (χ1v) is 7.50. The van der Waals surface area contributed by atoms with Gasteiger partial charge < -0.3 is 4.98 Å². The number of unbranched alkanes of at least 4 members (excludes halogenated alkanes) is 1. The molecule has 2 nitrogen and oxygen atoms in total. The van der Waals surface area contributed by atoms with Gasteiger partial charge in [0.1, 0.15) is 0 Å². The van der Waals surface area contributed by atoms with Crippen molar-refractivity contribution in [2.24, 2.45) is 0 Å². The maximum atomic E-state index is 12.8. The Morgan fingerprint density at radius 2 is 1.67 bits per heavy atom. The number of aromatic amines is 1. The van der Waals surface area contributed by atoms with Crippen molar-refractivity contribution in [1.29, 1.82) is 0 Å². The van der Waals surface area contributed by atoms with E-state index in [1.165, 1.54) is 0 Å². The van der Waals surface area contributed by atoms with Crippen LogP contribution in [0.5, 0.6) is 0 Å². The Hall–Kier alpha value is -2.35. The van der Waals surface area contributed by atoms with E-state index in [1.54, 1.807) is 0 Å². The van der Waals surface area contributed by atoms with Crippen molar-refractivity contribution in [2.75, 3.05) is 0 Å². The minimum atomic E-state index is 0.164. The van der Waals surface area contributed by atoms with Crippen molar-refractivity contribution in [3.8, 4) is 11.3 Å². The van der Waals surface area contributed by atoms with Crippen LogP contribution < -0.4 is 5.43 Å². The molecule has 0 fully saturated rings. The fraction of sp³-hybridized carbons (Fsp3) is 0.211. The van der Waals surface area contributed by atoms with Gasteiger partial charge in [0.15, 0.2) is 5.43 Å². The summed E-state index contributed by atoms with van der Waals surface area (Å²) in [6.45, 7) is 2.15. The predicted molar refractivity (Wildman–Crippen MR) is 88.6 cm³/mol. The van der Waals surface area contributed by atoms with E-state index in [0.29, 0.717) is 0 Å². The van der Waals surface area contributed by atoms with Gasteiger partial charge in [-0.1, -0.05) is 55.8 Å². The molecule has 21 heavy (non-hydrogen) atoms. The van der Waals surface area contributed by atoms with E-state index in [-0.39, 0.29) is 5.43 Å². The van der Waals surface area contributed by atoms with Crippen molar-refractivity contribution in [3.63, 3.8) is 0 Å². The van der Waals surface area contributed by atoms with Crippen LogP contribution in [0.4, 0.5) is 0 Å². The van der Waals surface area contributed by atoms with Gasteiger partial charge in [-0.25, -0.2) is 0 Å². The first-order valence-electron chi connectivity index (χ1n) is 7.50. The van der Waals surface area contributed by atoms with Gasteiger partial charge in [0.2, 0.25) is 0 Å². The zero-order chi connectivity index (χ0) is 14.7. The number of aromatic nitrogens is 1. The number of para-hydroxylation sites is 1. The SMILES string of the molecule is CCCCc1c(-c2ccccc2)[nH]c2ccccc2c1=O. The van der Waals surface area contributed by atoms with Gasteiger partial charge in [-0.05, 0) is 30.5 Å². The number of pyridine rings is 1. The quantitative estimate of drug-likeness (QED) is 0.746. The fourth-order valence-electron chi connectivity index (χ4n) is 2.72. The molecule has 0 unspecified atom stereocenters. The summed E-state index contributed by atoms with van der Waals surface area (Å²) < 4.78 is 0. The molecule has 0 aliphatic heterocycles. The lowest BCUT2D eigenvalue weighted by Crippen LogP contribution is -2.13. The Labute approximate surface area is 124 Å². The van der Waals surface area contributed by atoms with Crippen LogP contribution in [0.2, 0.25) is 0 Å². The topological polar surface area (TPSA) is 32.9 Å². The molecule has 0 aliphatic rings. The fourth-order valence-corrected chi connectivity index (χ4v) is 2.72. The van der Waals surface area contributed by atoms with E-state index >= 15 is 0 Å². The number of benzene rings is 2. The summed E-state index contributed by atoms with van der Waals surface area (Å²) in [5.74, 6) is 0. The standard InChI is InChI=1S/C19H19NO/c1-2-3-11-16-18(14-9-5-4-6-10-14)20-17-13-8-7-12-15(17)19(16)21/h4-10,12-13H,2-3,11H2,1H3,(H,20,21). The second-order valence-corrected chi connectivity index (χ2v) is 5.32. The second kappa shape index (κ2) is 5.96. The van der Waals surface area contributed by atoms with E-state index < -0.39 is 0 Å². The molecule has 1 heterocycles. The highest BCUT2D eigenvalue weighted by molar-refractivity contribution is 5.83. The molecule has 2 aromatic carbocycles. The van der Waals surface area contributed by atoms with Crippen LogP contribution in [-0.4, -0.2) is 4.98 Å². The largest absolute Gasteiger partial charge is 0.354 e. The van der Waals surface area contributed by atoms with Crippen LogP contribution in [0.25, 0.3) is 22.2 Å². The predicted octanol–water partition coefficient (Wildman–Crippen LogP) is 4.54. The molecule has 0 radical (unpaired) electrons. The van der Waals surface area contributed by atoms with Crippen molar-refractivity contribution in [2.45, 2.75) is 26.2 Å². The number of H-pyrrole nitrogens is 1. The molecule has 0 saturated heterocycles. The summed E-state index contributed by atoms with van der Waals surface area (Å²) in [5.41, 5.74) is 4.01. The number of fused-ring (bicyclic) bond motifs is 1. The molecular formula is C19H19NO. The lowest BCUT2D eigenvalue weighted by Gasteiger charge is -2.11. The normalized spacial score (nSPS) is 10.9. The van der Waals surface area contributed by atoms with Crippen LogP contribution in [-0.2, 0) is 6.42 Å². The summed E-state index contributed by atoms with van der Waals surface area (Å²) in [4.78, 5) is 16.3. The van der Waals surface area contributed by atoms with E-state index in [2.05, 4.69) is 24.0 Å². The van der Waals surface area contributed by atoms with Crippen LogP contribution in [0, 0.1) is 0 Å². The Kier molecular flexibility index (Phi) is 3.87. The first kappa shape index (κ1) is 13.6. The van der Waals surface area contributed by atoms with E-state index in [1.807, 2.05) is 42.5 Å². The minimum absolute atomic E-state index is 0.164. The third kappa shape index (κ3) is 2.62. The third-order valence-electron chi connectivity index (χ3n) is 3.85. The summed E-state index contributed by atoms with van der Waals surface area (Å²) in [7, 11) is 0. The van der Waals surface area contributed by atoms with Gasteiger partial charge in [0, 0.05) is 16.5 Å². The summed E-state index contributed by atoms with van der Waals surface area (Å²) >= 11 is 0. The zero-order valence-electron chi connectivity index (χ0n) is 12.2. The van der Waals surface area contributed by atoms with Gasteiger partial charge in [0.25, 0.3) is 0 Å². The molecule has 0 aliphatic carbocycles. The number of hydrogen-bond acceptors (Lipinski definition) is 1. The monoisotopic (exact) mass is 277 g/mol. The highest BCUT2D eigenvalue weighted by Crippen LogP contribution is 2.23. The van der Waals surface area contributed by atoms with Crippen molar-refractivity contribution < 1.29 is 0 Å². The molecule has 3 aromatic rings. The van der Waals surface area contributed by atoms with Crippen LogP contribution >= 0.6 is 0 Å². The molecule has 0 spiro atoms. The van der Waals surface area contributed by atoms with E-state index in [4.69, 9.17) is 0 Å². The molecule has 0 atom stereocenters.